The Morgan fingerprint density at radius 3 is 2.56 bits per heavy atom. The minimum absolute atomic E-state index is 0.661. The van der Waals surface area contributed by atoms with Gasteiger partial charge in [-0.3, -0.25) is 0 Å². The Kier molecular flexibility index (Phi) is 2.48. The number of benzene rings is 1. The van der Waals surface area contributed by atoms with Gasteiger partial charge in [0.05, 0.1) is 17.3 Å². The van der Waals surface area contributed by atoms with Crippen molar-refractivity contribution in [3.63, 3.8) is 0 Å². The predicted octanol–water partition coefficient (Wildman–Crippen LogP) is 2.78. The maximum atomic E-state index is 9.04. The van der Waals surface area contributed by atoms with Crippen molar-refractivity contribution in [1.82, 2.24) is 4.73 Å². The first kappa shape index (κ1) is 10.8. The molecular weight excluding hydrogens is 216 g/mol. The van der Waals surface area contributed by atoms with Gasteiger partial charge >= 0.3 is 0 Å². The fraction of sp³-hybridized carbons (Fsp3) is 0.250. The van der Waals surface area contributed by atoms with Crippen LogP contribution in [0.3, 0.4) is 0 Å². The van der Waals surface area contributed by atoms with E-state index in [4.69, 9.17) is 9.79 Å². The van der Waals surface area contributed by atoms with Crippen molar-refractivity contribution in [2.45, 2.75) is 19.6 Å². The van der Waals surface area contributed by atoms with Crippen molar-refractivity contribution in [2.24, 2.45) is 0 Å². The predicted molar refractivity (Wildman–Crippen MR) is 66.6 cm³/mol. The van der Waals surface area contributed by atoms with E-state index >= 15 is 0 Å². The maximum absolute atomic E-state index is 9.04. The molecule has 82 valence electrons. The molecule has 0 N–H and O–H groups in total. The molecule has 1 aromatic carbocycles. The molecule has 0 aliphatic carbocycles. The molecule has 4 heteroatoms. The average Bonchev–Trinajstić information content (AvgIpc) is 2.55. The molecule has 3 nitrogen and oxygen atoms in total. The number of nitrogens with zero attached hydrogens (tertiary/aromatic N) is 2. The van der Waals surface area contributed by atoms with Crippen molar-refractivity contribution in [1.29, 1.82) is 5.26 Å². The lowest BCUT2D eigenvalue weighted by Gasteiger charge is -2.19. The summed E-state index contributed by atoms with van der Waals surface area (Å²) >= 11 is 0. The van der Waals surface area contributed by atoms with Crippen LogP contribution in [0.2, 0.25) is 19.6 Å². The molecular formula is C12H14N2OSi. The Balaban J connectivity index is 2.59. The van der Waals surface area contributed by atoms with Crippen LogP contribution in [0, 0.1) is 11.3 Å². The van der Waals surface area contributed by atoms with Crippen molar-refractivity contribution in [3.8, 4) is 6.07 Å². The summed E-state index contributed by atoms with van der Waals surface area (Å²) in [4.78, 5) is 0. The molecule has 0 saturated heterocycles. The van der Waals surface area contributed by atoms with Crippen molar-refractivity contribution >= 4 is 19.2 Å². The number of aromatic nitrogens is 1. The SMILES string of the molecule is C[Si](C)(C)On1cc(C#N)c2ccccc21. The smallest absolute Gasteiger partial charge is 0.276 e. The summed E-state index contributed by atoms with van der Waals surface area (Å²) in [5.74, 6) is 0. The van der Waals surface area contributed by atoms with Gasteiger partial charge in [0, 0.05) is 5.39 Å². The zero-order valence-corrected chi connectivity index (χ0v) is 10.7. The van der Waals surface area contributed by atoms with Crippen molar-refractivity contribution < 1.29 is 4.53 Å². The molecule has 16 heavy (non-hydrogen) atoms. The second kappa shape index (κ2) is 3.69. The fourth-order valence-electron chi connectivity index (χ4n) is 1.61. The molecule has 1 heterocycles. The Labute approximate surface area is 96.0 Å². The highest BCUT2D eigenvalue weighted by molar-refractivity contribution is 6.70. The van der Waals surface area contributed by atoms with Gasteiger partial charge < -0.3 is 4.53 Å². The van der Waals surface area contributed by atoms with Gasteiger partial charge in [0.2, 0.25) is 0 Å². The van der Waals surface area contributed by atoms with Crippen LogP contribution in [0.25, 0.3) is 10.9 Å². The van der Waals surface area contributed by atoms with E-state index in [0.29, 0.717) is 5.56 Å². The molecule has 0 bridgehead atoms. The normalized spacial score (nSPS) is 11.4. The lowest BCUT2D eigenvalue weighted by molar-refractivity contribution is 0.283. The Hall–Kier alpha value is -1.73. The quantitative estimate of drug-likeness (QED) is 0.744. The third kappa shape index (κ3) is 1.95. The number of hydrogen-bond acceptors (Lipinski definition) is 2. The molecule has 1 aromatic heterocycles. The van der Waals surface area contributed by atoms with E-state index in [1.165, 1.54) is 0 Å². The van der Waals surface area contributed by atoms with Crippen LogP contribution >= 0.6 is 0 Å². The number of hydrogen-bond donors (Lipinski definition) is 0. The summed E-state index contributed by atoms with van der Waals surface area (Å²) < 4.78 is 7.64. The average molecular weight is 230 g/mol. The van der Waals surface area contributed by atoms with E-state index in [1.54, 1.807) is 10.9 Å². The molecule has 2 rings (SSSR count). The highest BCUT2D eigenvalue weighted by atomic mass is 28.4. The van der Waals surface area contributed by atoms with Gasteiger partial charge in [-0.1, -0.05) is 18.2 Å². The van der Waals surface area contributed by atoms with Crippen LogP contribution in [0.1, 0.15) is 5.56 Å². The van der Waals surface area contributed by atoms with Gasteiger partial charge in [0.1, 0.15) is 6.07 Å². The number of fused-ring (bicyclic) bond motifs is 1. The van der Waals surface area contributed by atoms with Gasteiger partial charge in [0.25, 0.3) is 8.32 Å². The van der Waals surface area contributed by atoms with E-state index in [1.807, 2.05) is 24.3 Å². The minimum atomic E-state index is -1.66. The van der Waals surface area contributed by atoms with Crippen LogP contribution in [-0.4, -0.2) is 13.0 Å². The third-order valence-corrected chi connectivity index (χ3v) is 2.92. The lowest BCUT2D eigenvalue weighted by Crippen LogP contribution is -2.36. The standard InChI is InChI=1S/C12H14N2OSi/c1-16(2,3)15-14-9-10(8-13)11-6-4-5-7-12(11)14/h4-7,9H,1-3H3. The van der Waals surface area contributed by atoms with Gasteiger partial charge in [-0.25, -0.2) is 4.73 Å². The van der Waals surface area contributed by atoms with Crippen LogP contribution < -0.4 is 4.53 Å². The highest BCUT2D eigenvalue weighted by Gasteiger charge is 2.19. The zero-order chi connectivity index (χ0) is 11.8. The first-order valence-corrected chi connectivity index (χ1v) is 8.62. The van der Waals surface area contributed by atoms with Gasteiger partial charge in [-0.05, 0) is 25.7 Å². The fourth-order valence-corrected chi connectivity index (χ4v) is 2.35. The largest absolute Gasteiger partial charge is 0.470 e. The number of rotatable bonds is 2. The van der Waals surface area contributed by atoms with E-state index in [9.17, 15) is 0 Å². The van der Waals surface area contributed by atoms with Crippen molar-refractivity contribution in [3.05, 3.63) is 36.0 Å². The van der Waals surface area contributed by atoms with Crippen LogP contribution in [0.5, 0.6) is 0 Å². The Morgan fingerprint density at radius 1 is 1.25 bits per heavy atom. The summed E-state index contributed by atoms with van der Waals surface area (Å²) in [5, 5.41) is 9.99. The summed E-state index contributed by atoms with van der Waals surface area (Å²) in [5.41, 5.74) is 1.62. The maximum Gasteiger partial charge on any atom is 0.276 e. The number of nitriles is 1. The molecule has 0 spiro atoms. The summed E-state index contributed by atoms with van der Waals surface area (Å²) in [7, 11) is -1.66. The third-order valence-electron chi connectivity index (χ3n) is 2.17. The second-order valence-electron chi connectivity index (χ2n) is 4.70. The molecule has 0 fully saturated rings. The molecule has 0 unspecified atom stereocenters. The van der Waals surface area contributed by atoms with Crippen LogP contribution in [0.4, 0.5) is 0 Å². The van der Waals surface area contributed by atoms with E-state index < -0.39 is 8.32 Å². The van der Waals surface area contributed by atoms with E-state index in [0.717, 1.165) is 10.9 Å². The van der Waals surface area contributed by atoms with Gasteiger partial charge in [0.15, 0.2) is 0 Å². The van der Waals surface area contributed by atoms with Gasteiger partial charge in [-0.2, -0.15) is 5.26 Å². The van der Waals surface area contributed by atoms with Crippen LogP contribution in [-0.2, 0) is 0 Å². The number of para-hydroxylation sites is 1. The molecule has 2 aromatic rings. The monoisotopic (exact) mass is 230 g/mol. The molecule has 0 saturated carbocycles. The zero-order valence-electron chi connectivity index (χ0n) is 9.69. The lowest BCUT2D eigenvalue weighted by atomic mass is 10.2. The van der Waals surface area contributed by atoms with Gasteiger partial charge in [-0.15, -0.1) is 0 Å². The first-order chi connectivity index (χ1) is 7.51. The first-order valence-electron chi connectivity index (χ1n) is 5.21. The van der Waals surface area contributed by atoms with E-state index in [-0.39, 0.29) is 0 Å². The molecule has 0 radical (unpaired) electrons. The Morgan fingerprint density at radius 2 is 1.94 bits per heavy atom. The Bertz CT molecular complexity index is 560. The highest BCUT2D eigenvalue weighted by Crippen LogP contribution is 2.20. The summed E-state index contributed by atoms with van der Waals surface area (Å²) in [6.07, 6.45) is 1.77. The molecule has 0 aliphatic heterocycles. The van der Waals surface area contributed by atoms with Crippen molar-refractivity contribution in [2.75, 3.05) is 0 Å². The molecule has 0 amide bonds. The molecule has 0 aliphatic rings. The topological polar surface area (TPSA) is 38.0 Å². The second-order valence-corrected chi connectivity index (χ2v) is 9.11. The van der Waals surface area contributed by atoms with E-state index in [2.05, 4.69) is 25.7 Å². The summed E-state index contributed by atoms with van der Waals surface area (Å²) in [6.45, 7) is 6.36. The summed E-state index contributed by atoms with van der Waals surface area (Å²) in [6, 6.07) is 9.99. The minimum Gasteiger partial charge on any atom is -0.470 e. The molecule has 0 atom stereocenters. The van der Waals surface area contributed by atoms with Crippen LogP contribution in [0.15, 0.2) is 30.5 Å².